The van der Waals surface area contributed by atoms with Crippen molar-refractivity contribution >= 4 is 17.6 Å². The first-order valence-electron chi connectivity index (χ1n) is 11.1. The zero-order chi connectivity index (χ0) is 24.4. The number of amides is 2. The second-order valence-corrected chi connectivity index (χ2v) is 8.32. The zero-order valence-corrected chi connectivity index (χ0v) is 18.9. The van der Waals surface area contributed by atoms with E-state index in [-0.39, 0.29) is 18.4 Å². The van der Waals surface area contributed by atoms with E-state index in [1.807, 2.05) is 6.07 Å². The van der Waals surface area contributed by atoms with Gasteiger partial charge in [0, 0.05) is 30.9 Å². The first-order chi connectivity index (χ1) is 17.0. The molecule has 2 aromatic heterocycles. The summed E-state index contributed by atoms with van der Waals surface area (Å²) in [6.45, 7) is 1.24. The molecule has 0 bridgehead atoms. The smallest absolute Gasteiger partial charge is 0.342 e. The number of pyridine rings is 1. The minimum Gasteiger partial charge on any atom is -0.489 e. The van der Waals surface area contributed by atoms with Crippen molar-refractivity contribution in [2.45, 2.75) is 12.5 Å². The predicted molar refractivity (Wildman–Crippen MR) is 123 cm³/mol. The molecule has 1 N–H and O–H groups in total. The van der Waals surface area contributed by atoms with Crippen molar-refractivity contribution in [3.63, 3.8) is 0 Å². The van der Waals surface area contributed by atoms with Crippen LogP contribution in [-0.4, -0.2) is 59.6 Å². The van der Waals surface area contributed by atoms with Crippen LogP contribution in [0.1, 0.15) is 16.8 Å². The number of hydrogen-bond donors (Lipinski definition) is 1. The SMILES string of the molecule is CN1C(=O)[C@@H](NC(=O)n2cc(Cc3cccc(F)n3)cn2)COc2ccc(C#CC3COC3)cc21. The lowest BCUT2D eigenvalue weighted by atomic mass is 10.1. The molecular formula is C25H22FN5O4. The number of carbonyl (C=O) groups is 2. The van der Waals surface area contributed by atoms with Crippen molar-refractivity contribution in [1.29, 1.82) is 0 Å². The van der Waals surface area contributed by atoms with Gasteiger partial charge in [-0.25, -0.2) is 9.78 Å². The molecule has 0 spiro atoms. The fourth-order valence-electron chi connectivity index (χ4n) is 3.72. The highest BCUT2D eigenvalue weighted by atomic mass is 19.1. The monoisotopic (exact) mass is 475 g/mol. The van der Waals surface area contributed by atoms with Crippen LogP contribution < -0.4 is 15.0 Å². The van der Waals surface area contributed by atoms with Gasteiger partial charge in [-0.3, -0.25) is 4.79 Å². The van der Waals surface area contributed by atoms with E-state index >= 15 is 0 Å². The summed E-state index contributed by atoms with van der Waals surface area (Å²) in [4.78, 5) is 31.1. The Balaban J connectivity index is 1.26. The standard InChI is InChI=1S/C25H22FN5O4/c1-30-21-10-16(5-6-17-13-34-14-17)7-8-22(21)35-15-20(24(30)32)29-25(33)31-12-18(11-27-31)9-19-3-2-4-23(26)28-19/h2-4,7-8,10-12,17,20H,9,13-15H2,1H3,(H,29,33)/t20-/m0/s1. The summed E-state index contributed by atoms with van der Waals surface area (Å²) in [5.74, 6) is 6.12. The first-order valence-corrected chi connectivity index (χ1v) is 11.1. The van der Waals surface area contributed by atoms with Crippen LogP contribution in [0.25, 0.3) is 0 Å². The van der Waals surface area contributed by atoms with Crippen LogP contribution in [0.4, 0.5) is 14.9 Å². The summed E-state index contributed by atoms with van der Waals surface area (Å²) >= 11 is 0. The van der Waals surface area contributed by atoms with Crippen LogP contribution in [0.3, 0.4) is 0 Å². The molecule has 2 aliphatic rings. The number of hydrogen-bond acceptors (Lipinski definition) is 6. The molecule has 178 valence electrons. The highest BCUT2D eigenvalue weighted by Gasteiger charge is 2.31. The average Bonchev–Trinajstić information content (AvgIpc) is 3.24. The number of halogens is 1. The highest BCUT2D eigenvalue weighted by Crippen LogP contribution is 2.31. The van der Waals surface area contributed by atoms with E-state index in [2.05, 4.69) is 27.2 Å². The number of carbonyl (C=O) groups excluding carboxylic acids is 2. The van der Waals surface area contributed by atoms with Crippen molar-refractivity contribution in [2.75, 3.05) is 31.8 Å². The van der Waals surface area contributed by atoms with Crippen LogP contribution in [0.2, 0.25) is 0 Å². The quantitative estimate of drug-likeness (QED) is 0.460. The maximum Gasteiger partial charge on any atom is 0.342 e. The molecule has 35 heavy (non-hydrogen) atoms. The van der Waals surface area contributed by atoms with Gasteiger partial charge in [0.15, 0.2) is 0 Å². The van der Waals surface area contributed by atoms with Crippen molar-refractivity contribution in [3.8, 4) is 17.6 Å². The minimum absolute atomic E-state index is 0.0340. The Morgan fingerprint density at radius 3 is 2.89 bits per heavy atom. The van der Waals surface area contributed by atoms with E-state index in [1.165, 1.54) is 23.4 Å². The molecule has 1 fully saturated rings. The molecule has 1 atom stereocenters. The normalized spacial score (nSPS) is 17.4. The van der Waals surface area contributed by atoms with Gasteiger partial charge in [0.25, 0.3) is 5.91 Å². The third-order valence-corrected chi connectivity index (χ3v) is 5.71. The maximum atomic E-state index is 13.3. The van der Waals surface area contributed by atoms with Gasteiger partial charge >= 0.3 is 6.03 Å². The second kappa shape index (κ2) is 9.56. The fourth-order valence-corrected chi connectivity index (χ4v) is 3.72. The number of anilines is 1. The topological polar surface area (TPSA) is 98.6 Å². The van der Waals surface area contributed by atoms with Crippen LogP contribution in [0, 0.1) is 23.7 Å². The molecule has 2 amide bonds. The first kappa shape index (κ1) is 22.6. The largest absolute Gasteiger partial charge is 0.489 e. The fraction of sp³-hybridized carbons (Fsp3) is 0.280. The Morgan fingerprint density at radius 1 is 1.26 bits per heavy atom. The highest BCUT2D eigenvalue weighted by molar-refractivity contribution is 6.00. The summed E-state index contributed by atoms with van der Waals surface area (Å²) in [6, 6.07) is 8.42. The Morgan fingerprint density at radius 2 is 2.11 bits per heavy atom. The molecule has 0 saturated carbocycles. The van der Waals surface area contributed by atoms with Gasteiger partial charge in [-0.1, -0.05) is 17.9 Å². The predicted octanol–water partition coefficient (Wildman–Crippen LogP) is 1.99. The molecule has 3 aromatic rings. The number of benzene rings is 1. The Labute approximate surface area is 200 Å². The summed E-state index contributed by atoms with van der Waals surface area (Å²) in [5.41, 5.74) is 2.53. The Kier molecular flexibility index (Phi) is 6.16. The number of ether oxygens (including phenoxy) is 2. The van der Waals surface area contributed by atoms with Gasteiger partial charge < -0.3 is 19.7 Å². The van der Waals surface area contributed by atoms with Crippen molar-refractivity contribution in [2.24, 2.45) is 5.92 Å². The molecule has 2 aliphatic heterocycles. The van der Waals surface area contributed by atoms with Gasteiger partial charge in [0.05, 0.1) is 31.0 Å². The summed E-state index contributed by atoms with van der Waals surface area (Å²) in [7, 11) is 1.63. The van der Waals surface area contributed by atoms with Crippen LogP contribution >= 0.6 is 0 Å². The van der Waals surface area contributed by atoms with Gasteiger partial charge in [0.2, 0.25) is 5.95 Å². The van der Waals surface area contributed by atoms with Gasteiger partial charge in [-0.15, -0.1) is 0 Å². The van der Waals surface area contributed by atoms with Gasteiger partial charge in [0.1, 0.15) is 18.4 Å². The lowest BCUT2D eigenvalue weighted by Crippen LogP contribution is -2.50. The molecule has 0 aliphatic carbocycles. The maximum absolute atomic E-state index is 13.3. The molecule has 10 heteroatoms. The number of fused-ring (bicyclic) bond motifs is 1. The molecule has 5 rings (SSSR count). The third kappa shape index (κ3) is 5.00. The number of nitrogens with one attached hydrogen (secondary N) is 1. The lowest BCUT2D eigenvalue weighted by molar-refractivity contribution is -0.120. The minimum atomic E-state index is -0.918. The molecule has 1 aromatic carbocycles. The van der Waals surface area contributed by atoms with E-state index in [0.717, 1.165) is 10.2 Å². The summed E-state index contributed by atoms with van der Waals surface area (Å²) in [6.07, 6.45) is 3.33. The van der Waals surface area contributed by atoms with Crippen LogP contribution in [0.5, 0.6) is 5.75 Å². The lowest BCUT2D eigenvalue weighted by Gasteiger charge is -2.21. The molecule has 4 heterocycles. The number of rotatable bonds is 3. The summed E-state index contributed by atoms with van der Waals surface area (Å²) < 4.78 is 25.4. The van der Waals surface area contributed by atoms with Gasteiger partial charge in [-0.05, 0) is 35.9 Å². The molecular weight excluding hydrogens is 453 g/mol. The van der Waals surface area contributed by atoms with E-state index in [9.17, 15) is 14.0 Å². The van der Waals surface area contributed by atoms with E-state index in [4.69, 9.17) is 9.47 Å². The van der Waals surface area contributed by atoms with Crippen molar-refractivity contribution in [1.82, 2.24) is 20.1 Å². The zero-order valence-electron chi connectivity index (χ0n) is 18.9. The van der Waals surface area contributed by atoms with Crippen LogP contribution in [-0.2, 0) is 16.0 Å². The van der Waals surface area contributed by atoms with E-state index in [0.29, 0.717) is 42.3 Å². The third-order valence-electron chi connectivity index (χ3n) is 5.71. The number of nitrogens with zero attached hydrogens (tertiary/aromatic N) is 4. The van der Waals surface area contributed by atoms with E-state index < -0.39 is 18.0 Å². The summed E-state index contributed by atoms with van der Waals surface area (Å²) in [5, 5.41) is 6.73. The molecule has 1 saturated heterocycles. The van der Waals surface area contributed by atoms with Crippen molar-refractivity contribution in [3.05, 3.63) is 71.6 Å². The molecule has 0 unspecified atom stereocenters. The Bertz CT molecular complexity index is 1340. The van der Waals surface area contributed by atoms with Crippen molar-refractivity contribution < 1.29 is 23.5 Å². The van der Waals surface area contributed by atoms with E-state index in [1.54, 1.807) is 31.3 Å². The average molecular weight is 475 g/mol. The van der Waals surface area contributed by atoms with Crippen LogP contribution in [0.15, 0.2) is 48.8 Å². The van der Waals surface area contributed by atoms with Gasteiger partial charge in [-0.2, -0.15) is 14.2 Å². The molecule has 9 nitrogen and oxygen atoms in total. The molecule has 0 radical (unpaired) electrons. The number of aromatic nitrogens is 3. The Hall–Kier alpha value is -4.23. The number of likely N-dealkylation sites (N-methyl/N-ethyl adjacent to an activating group) is 1. The second-order valence-electron chi connectivity index (χ2n) is 8.32.